The normalized spacial score (nSPS) is 15.8. The number of halogens is 1. The van der Waals surface area contributed by atoms with Gasteiger partial charge in [-0.1, -0.05) is 24.3 Å². The quantitative estimate of drug-likeness (QED) is 0.285. The van der Waals surface area contributed by atoms with Gasteiger partial charge in [-0.3, -0.25) is 4.99 Å². The molecule has 0 spiro atoms. The van der Waals surface area contributed by atoms with Crippen molar-refractivity contribution in [2.24, 2.45) is 4.99 Å². The van der Waals surface area contributed by atoms with Gasteiger partial charge in [0.25, 0.3) is 0 Å². The molecule has 2 N–H and O–H groups in total. The zero-order valence-electron chi connectivity index (χ0n) is 15.7. The topological polar surface area (TPSA) is 48.9 Å². The minimum atomic E-state index is 0. The molecule has 1 aromatic rings. The first kappa shape index (κ1) is 21.8. The summed E-state index contributed by atoms with van der Waals surface area (Å²) in [7, 11) is 5.87. The Bertz CT molecular complexity index is 549. The highest BCUT2D eigenvalue weighted by Crippen LogP contribution is 2.21. The van der Waals surface area contributed by atoms with Crippen LogP contribution in [0.5, 0.6) is 5.75 Å². The molecule has 25 heavy (non-hydrogen) atoms. The second kappa shape index (κ2) is 11.4. The highest BCUT2D eigenvalue weighted by atomic mass is 127. The van der Waals surface area contributed by atoms with Crippen LogP contribution < -0.4 is 15.4 Å². The summed E-state index contributed by atoms with van der Waals surface area (Å²) in [6, 6.07) is 8.92. The fraction of sp³-hybridized carbons (Fsp3) is 0.526. The van der Waals surface area contributed by atoms with Crippen LogP contribution in [-0.4, -0.2) is 51.2 Å². The molecule has 6 heteroatoms. The number of aliphatic imine (C=N–C) groups is 1. The molecule has 0 aromatic heterocycles. The molecule has 1 aliphatic rings. The summed E-state index contributed by atoms with van der Waals surface area (Å²) >= 11 is 0. The average Bonchev–Trinajstić information content (AvgIpc) is 3.08. The van der Waals surface area contributed by atoms with Crippen molar-refractivity contribution < 1.29 is 4.74 Å². The summed E-state index contributed by atoms with van der Waals surface area (Å²) in [5, 5.41) is 6.86. The van der Waals surface area contributed by atoms with Gasteiger partial charge in [0.1, 0.15) is 5.75 Å². The minimum Gasteiger partial charge on any atom is -0.497 e. The van der Waals surface area contributed by atoms with E-state index in [4.69, 9.17) is 9.73 Å². The third-order valence-electron chi connectivity index (χ3n) is 4.24. The molecule has 0 heterocycles. The first-order chi connectivity index (χ1) is 11.6. The van der Waals surface area contributed by atoms with Gasteiger partial charge in [-0.2, -0.15) is 0 Å². The first-order valence-electron chi connectivity index (χ1n) is 8.64. The molecule has 0 radical (unpaired) electrons. The molecule has 1 aromatic carbocycles. The number of rotatable bonds is 7. The van der Waals surface area contributed by atoms with Crippen molar-refractivity contribution in [3.63, 3.8) is 0 Å². The van der Waals surface area contributed by atoms with Crippen LogP contribution in [0, 0.1) is 0 Å². The van der Waals surface area contributed by atoms with Crippen LogP contribution in [0.3, 0.4) is 0 Å². The van der Waals surface area contributed by atoms with E-state index in [0.29, 0.717) is 12.6 Å². The van der Waals surface area contributed by atoms with Crippen molar-refractivity contribution in [2.75, 3.05) is 34.3 Å². The van der Waals surface area contributed by atoms with Crippen molar-refractivity contribution in [3.8, 4) is 5.75 Å². The van der Waals surface area contributed by atoms with Gasteiger partial charge in [0.05, 0.1) is 19.7 Å². The molecule has 0 amide bonds. The lowest BCUT2D eigenvalue weighted by Crippen LogP contribution is -2.43. The zero-order chi connectivity index (χ0) is 17.4. The molecule has 0 saturated carbocycles. The molecule has 1 atom stereocenters. The Labute approximate surface area is 168 Å². The molecule has 0 aliphatic heterocycles. The summed E-state index contributed by atoms with van der Waals surface area (Å²) in [5.41, 5.74) is 1.24. The van der Waals surface area contributed by atoms with Crippen molar-refractivity contribution in [3.05, 3.63) is 42.0 Å². The minimum absolute atomic E-state index is 0. The van der Waals surface area contributed by atoms with E-state index in [-0.39, 0.29) is 30.0 Å². The summed E-state index contributed by atoms with van der Waals surface area (Å²) in [6.45, 7) is 3.66. The maximum atomic E-state index is 5.25. The third-order valence-corrected chi connectivity index (χ3v) is 4.24. The highest BCUT2D eigenvalue weighted by molar-refractivity contribution is 14.0. The van der Waals surface area contributed by atoms with Gasteiger partial charge >= 0.3 is 0 Å². The summed E-state index contributed by atoms with van der Waals surface area (Å²) < 4.78 is 5.25. The fourth-order valence-electron chi connectivity index (χ4n) is 2.82. The lowest BCUT2D eigenvalue weighted by atomic mass is 10.1. The number of hydrogen-bond donors (Lipinski definition) is 2. The molecule has 0 fully saturated rings. The van der Waals surface area contributed by atoms with E-state index in [9.17, 15) is 0 Å². The number of nitrogens with one attached hydrogen (secondary N) is 2. The second-order valence-electron chi connectivity index (χ2n) is 6.26. The number of nitrogens with zero attached hydrogens (tertiary/aromatic N) is 2. The lowest BCUT2D eigenvalue weighted by molar-refractivity contribution is 0.306. The van der Waals surface area contributed by atoms with Gasteiger partial charge in [0.2, 0.25) is 0 Å². The van der Waals surface area contributed by atoms with Crippen LogP contribution in [0.25, 0.3) is 0 Å². The summed E-state index contributed by atoms with van der Waals surface area (Å²) in [5.74, 6) is 1.77. The van der Waals surface area contributed by atoms with Gasteiger partial charge in [-0.15, -0.1) is 24.0 Å². The Hall–Kier alpha value is -1.28. The zero-order valence-corrected chi connectivity index (χ0v) is 18.0. The average molecular weight is 458 g/mol. The number of ether oxygens (including phenoxy) is 1. The predicted octanol–water partition coefficient (Wildman–Crippen LogP) is 3.19. The summed E-state index contributed by atoms with van der Waals surface area (Å²) in [4.78, 5) is 7.01. The van der Waals surface area contributed by atoms with Crippen LogP contribution in [0.2, 0.25) is 0 Å². The Kier molecular flexibility index (Phi) is 9.89. The van der Waals surface area contributed by atoms with Crippen LogP contribution in [-0.2, 0) is 0 Å². The third kappa shape index (κ3) is 6.86. The molecule has 2 rings (SSSR count). The lowest BCUT2D eigenvalue weighted by Gasteiger charge is -2.24. The van der Waals surface area contributed by atoms with E-state index in [0.717, 1.165) is 31.1 Å². The molecule has 1 unspecified atom stereocenters. The monoisotopic (exact) mass is 458 g/mol. The number of methoxy groups -OCH3 is 1. The Morgan fingerprint density at radius 1 is 1.24 bits per heavy atom. The fourth-order valence-corrected chi connectivity index (χ4v) is 2.82. The SMILES string of the molecule is CCNC(=NCC(c1ccc(OC)cc1)N(C)C)NC1CC=CC1.I. The first-order valence-corrected chi connectivity index (χ1v) is 8.64. The van der Waals surface area contributed by atoms with Crippen molar-refractivity contribution in [1.82, 2.24) is 15.5 Å². The molecule has 0 saturated heterocycles. The molecular weight excluding hydrogens is 427 g/mol. The number of guanidine groups is 1. The number of benzene rings is 1. The number of likely N-dealkylation sites (N-methyl/N-ethyl adjacent to an activating group) is 1. The number of hydrogen-bond acceptors (Lipinski definition) is 3. The highest BCUT2D eigenvalue weighted by Gasteiger charge is 2.16. The Morgan fingerprint density at radius 3 is 2.40 bits per heavy atom. The standard InChI is InChI=1S/C19H30N4O.HI/c1-5-20-19(22-16-8-6-7-9-16)21-14-18(23(2)3)15-10-12-17(24-4)13-11-15;/h6-7,10-13,16,18H,5,8-9,14H2,1-4H3,(H2,20,21,22);1H. The largest absolute Gasteiger partial charge is 0.497 e. The predicted molar refractivity (Wildman–Crippen MR) is 116 cm³/mol. The molecule has 1 aliphatic carbocycles. The van der Waals surface area contributed by atoms with E-state index in [1.807, 2.05) is 12.1 Å². The Morgan fingerprint density at radius 2 is 1.88 bits per heavy atom. The maximum Gasteiger partial charge on any atom is 0.191 e. The summed E-state index contributed by atoms with van der Waals surface area (Å²) in [6.07, 6.45) is 6.59. The van der Waals surface area contributed by atoms with Crippen LogP contribution in [0.15, 0.2) is 41.4 Å². The van der Waals surface area contributed by atoms with Crippen LogP contribution in [0.4, 0.5) is 0 Å². The Balaban J connectivity index is 0.00000312. The molecule has 5 nitrogen and oxygen atoms in total. The van der Waals surface area contributed by atoms with Gasteiger partial charge in [-0.05, 0) is 51.6 Å². The van der Waals surface area contributed by atoms with E-state index in [1.54, 1.807) is 7.11 Å². The van der Waals surface area contributed by atoms with E-state index in [2.05, 4.69) is 60.8 Å². The van der Waals surface area contributed by atoms with Crippen molar-refractivity contribution in [1.29, 1.82) is 0 Å². The molecule has 140 valence electrons. The molecule has 0 bridgehead atoms. The van der Waals surface area contributed by atoms with Crippen molar-refractivity contribution >= 4 is 29.9 Å². The van der Waals surface area contributed by atoms with Gasteiger partial charge in [-0.25, -0.2) is 0 Å². The maximum absolute atomic E-state index is 5.25. The van der Waals surface area contributed by atoms with E-state index < -0.39 is 0 Å². The van der Waals surface area contributed by atoms with E-state index >= 15 is 0 Å². The molecular formula is C19H31IN4O. The van der Waals surface area contributed by atoms with Crippen LogP contribution in [0.1, 0.15) is 31.4 Å². The van der Waals surface area contributed by atoms with Crippen molar-refractivity contribution in [2.45, 2.75) is 31.8 Å². The smallest absolute Gasteiger partial charge is 0.191 e. The van der Waals surface area contributed by atoms with Gasteiger partial charge in [0.15, 0.2) is 5.96 Å². The van der Waals surface area contributed by atoms with Crippen LogP contribution >= 0.6 is 24.0 Å². The van der Waals surface area contributed by atoms with E-state index in [1.165, 1.54) is 5.56 Å². The van der Waals surface area contributed by atoms with Gasteiger partial charge in [0, 0.05) is 12.6 Å². The second-order valence-corrected chi connectivity index (χ2v) is 6.26. The van der Waals surface area contributed by atoms with Gasteiger partial charge < -0.3 is 20.3 Å².